The first-order valence-corrected chi connectivity index (χ1v) is 21.1. The summed E-state index contributed by atoms with van der Waals surface area (Å²) in [6, 6.07) is 5.42. The van der Waals surface area contributed by atoms with E-state index in [4.69, 9.17) is 9.47 Å². The van der Waals surface area contributed by atoms with Crippen molar-refractivity contribution in [1.29, 1.82) is 0 Å². The van der Waals surface area contributed by atoms with Gasteiger partial charge in [-0.05, 0) is 82.6 Å². The van der Waals surface area contributed by atoms with Crippen LogP contribution in [0, 0.1) is 17.8 Å². The quantitative estimate of drug-likeness (QED) is 0.271. The Balaban J connectivity index is 1.45. The molecule has 0 radical (unpaired) electrons. The minimum atomic E-state index is -5.09. The number of rotatable bonds is 9. The van der Waals surface area contributed by atoms with Gasteiger partial charge >= 0.3 is 12.3 Å². The molecule has 2 aliphatic heterocycles. The maximum Gasteiger partial charge on any atom is 0.411 e. The fraction of sp³-hybridized carbons (Fsp3) is 0.625. The zero-order valence-electron chi connectivity index (χ0n) is 33.5. The third-order valence-electron chi connectivity index (χ3n) is 12.5. The number of pyridine rings is 1. The number of sulfonamides is 1. The number of methoxy groups -OCH3 is 1. The highest BCUT2D eigenvalue weighted by Gasteiger charge is 2.64. The summed E-state index contributed by atoms with van der Waals surface area (Å²) in [5.41, 5.74) is -4.75. The fourth-order valence-corrected chi connectivity index (χ4v) is 9.58. The van der Waals surface area contributed by atoms with E-state index >= 15 is 4.79 Å². The molecule has 0 unspecified atom stereocenters. The number of benzene rings is 1. The number of carboxylic acid groups (broad SMARTS) is 1. The second kappa shape index (κ2) is 15.5. The molecule has 3 fully saturated rings. The molecule has 4 amide bonds. The number of aromatic nitrogens is 1. The van der Waals surface area contributed by atoms with Crippen molar-refractivity contribution in [3.05, 3.63) is 42.5 Å². The average Bonchev–Trinajstić information content (AvgIpc) is 4.03. The average molecular weight is 836 g/mol. The van der Waals surface area contributed by atoms with Gasteiger partial charge < -0.3 is 24.8 Å². The molecule has 18 heteroatoms. The summed E-state index contributed by atoms with van der Waals surface area (Å²) in [5, 5.41) is 14.6. The van der Waals surface area contributed by atoms with Gasteiger partial charge in [0.25, 0.3) is 5.91 Å². The van der Waals surface area contributed by atoms with Crippen LogP contribution >= 0.6 is 0 Å². The molecule has 2 aliphatic carbocycles. The van der Waals surface area contributed by atoms with Crippen LogP contribution in [0.25, 0.3) is 10.8 Å². The second-order valence-electron chi connectivity index (χ2n) is 17.0. The zero-order chi connectivity index (χ0) is 42.6. The SMILES string of the molecule is CC[C@@H]1C[C@@H](C)CCC=C[C@@H]2C[C@@]2(C(=O)NS(=O)(=O)C2(C)CC2)NC(=O)[C@@H]2C[C@@H](Oc3nc(OC)cc4ccccc34)CN2C(=O)[C@H]1N(C(=O)O)C(C)(C)C(F)(F)F. The summed E-state index contributed by atoms with van der Waals surface area (Å²) in [6.07, 6.45) is -2.65. The standard InChI is InChI=1S/C40H52F3N5O9S/c1-7-24-18-23(2)12-8-10-14-26-21-39(26,35(51)46-58(54,55)38(5)16-17-38)45-32(49)29-20-27(57-33-28-15-11-9-13-25(28)19-30(44-33)56-6)22-47(29)34(50)31(24)48(36(52)53)37(3,4)40(41,42)43/h9-11,13-15,19,23-24,26-27,29,31H,7-8,12,16-18,20-22H2,1-6H3,(H,45,49)(H,46,51)(H,52,53)/t23-,24+,26+,27+,29-,31-,39+/m0/s1. The number of hydrogen-bond acceptors (Lipinski definition) is 9. The van der Waals surface area contributed by atoms with Gasteiger partial charge in [-0.25, -0.2) is 13.2 Å². The molecule has 1 saturated heterocycles. The van der Waals surface area contributed by atoms with Gasteiger partial charge in [0.2, 0.25) is 33.6 Å². The van der Waals surface area contributed by atoms with Crippen molar-refractivity contribution in [3.63, 3.8) is 0 Å². The highest BCUT2D eigenvalue weighted by molar-refractivity contribution is 7.91. The molecule has 2 aromatic rings. The summed E-state index contributed by atoms with van der Waals surface area (Å²) < 4.78 is 83.6. The molecular weight excluding hydrogens is 784 g/mol. The Morgan fingerprint density at radius 1 is 1.16 bits per heavy atom. The van der Waals surface area contributed by atoms with Crippen LogP contribution in [-0.4, -0.2) is 106 Å². The predicted octanol–water partition coefficient (Wildman–Crippen LogP) is 5.56. The number of carbonyl (C=O) groups excluding carboxylic acids is 3. The van der Waals surface area contributed by atoms with Crippen LogP contribution in [0.15, 0.2) is 42.5 Å². The Labute approximate surface area is 335 Å². The maximum absolute atomic E-state index is 15.1. The van der Waals surface area contributed by atoms with E-state index in [9.17, 15) is 41.1 Å². The first-order valence-electron chi connectivity index (χ1n) is 19.6. The lowest BCUT2D eigenvalue weighted by Crippen LogP contribution is -2.66. The lowest BCUT2D eigenvalue weighted by Gasteiger charge is -2.46. The highest BCUT2D eigenvalue weighted by Crippen LogP contribution is 2.48. The Bertz CT molecular complexity index is 2090. The third kappa shape index (κ3) is 8.04. The number of halogens is 3. The maximum atomic E-state index is 15.1. The number of allylic oxidation sites excluding steroid dienone is 1. The van der Waals surface area contributed by atoms with Crippen molar-refractivity contribution < 1.29 is 55.3 Å². The third-order valence-corrected chi connectivity index (χ3v) is 14.7. The fourth-order valence-electron chi connectivity index (χ4n) is 8.27. The van der Waals surface area contributed by atoms with Crippen LogP contribution in [-0.2, 0) is 24.4 Å². The Kier molecular flexibility index (Phi) is 11.5. The molecule has 14 nitrogen and oxygen atoms in total. The number of amides is 4. The van der Waals surface area contributed by atoms with E-state index in [0.717, 1.165) is 4.90 Å². The summed E-state index contributed by atoms with van der Waals surface area (Å²) in [5.74, 6) is -4.24. The van der Waals surface area contributed by atoms with Crippen molar-refractivity contribution in [3.8, 4) is 11.8 Å². The van der Waals surface area contributed by atoms with Crippen molar-refractivity contribution >= 4 is 44.6 Å². The number of alkyl halides is 3. The van der Waals surface area contributed by atoms with Gasteiger partial charge in [-0.2, -0.15) is 18.2 Å². The molecule has 1 aromatic carbocycles. The minimum Gasteiger partial charge on any atom is -0.481 e. The van der Waals surface area contributed by atoms with Crippen LogP contribution in [0.3, 0.4) is 0 Å². The van der Waals surface area contributed by atoms with Gasteiger partial charge in [0.1, 0.15) is 29.3 Å². The lowest BCUT2D eigenvalue weighted by atomic mass is 9.82. The Hall–Kier alpha value is -4.61. The molecule has 2 saturated carbocycles. The summed E-state index contributed by atoms with van der Waals surface area (Å²) >= 11 is 0. The Morgan fingerprint density at radius 2 is 1.84 bits per heavy atom. The molecule has 4 aliphatic rings. The largest absolute Gasteiger partial charge is 0.481 e. The number of nitrogens with one attached hydrogen (secondary N) is 2. The number of ether oxygens (including phenoxy) is 2. The van der Waals surface area contributed by atoms with Crippen LogP contribution in [0.2, 0.25) is 0 Å². The molecular formula is C40H52F3N5O9S. The monoisotopic (exact) mass is 835 g/mol. The van der Waals surface area contributed by atoms with Gasteiger partial charge in [0.15, 0.2) is 0 Å². The molecule has 6 rings (SSSR count). The molecule has 3 N–H and O–H groups in total. The summed E-state index contributed by atoms with van der Waals surface area (Å²) in [4.78, 5) is 62.4. The molecule has 318 valence electrons. The molecule has 1 aromatic heterocycles. The summed E-state index contributed by atoms with van der Waals surface area (Å²) in [7, 11) is -2.70. The van der Waals surface area contributed by atoms with Gasteiger partial charge in [-0.3, -0.25) is 24.0 Å². The van der Waals surface area contributed by atoms with Crippen molar-refractivity contribution in [2.45, 2.75) is 126 Å². The van der Waals surface area contributed by atoms with E-state index in [-0.39, 0.29) is 54.8 Å². The van der Waals surface area contributed by atoms with E-state index < -0.39 is 85.9 Å². The van der Waals surface area contributed by atoms with Gasteiger partial charge in [-0.15, -0.1) is 0 Å². The molecule has 7 atom stereocenters. The van der Waals surface area contributed by atoms with E-state index in [0.29, 0.717) is 50.3 Å². The summed E-state index contributed by atoms with van der Waals surface area (Å²) in [6.45, 7) is 6.11. The van der Waals surface area contributed by atoms with Gasteiger partial charge in [-0.1, -0.05) is 50.6 Å². The van der Waals surface area contributed by atoms with Crippen molar-refractivity contribution in [1.82, 2.24) is 24.8 Å². The van der Waals surface area contributed by atoms with Gasteiger partial charge in [0, 0.05) is 23.8 Å². The van der Waals surface area contributed by atoms with E-state index in [1.54, 1.807) is 43.3 Å². The highest BCUT2D eigenvalue weighted by atomic mass is 32.2. The van der Waals surface area contributed by atoms with Crippen LogP contribution in [0.1, 0.15) is 86.0 Å². The lowest BCUT2D eigenvalue weighted by molar-refractivity contribution is -0.222. The van der Waals surface area contributed by atoms with Crippen molar-refractivity contribution in [2.24, 2.45) is 17.8 Å². The minimum absolute atomic E-state index is 0.0519. The van der Waals surface area contributed by atoms with Gasteiger partial charge in [0.05, 0.1) is 18.4 Å². The normalized spacial score (nSPS) is 28.9. The number of fused-ring (bicyclic) bond motifs is 3. The van der Waals surface area contributed by atoms with Crippen LogP contribution in [0.5, 0.6) is 11.8 Å². The van der Waals surface area contributed by atoms with Crippen LogP contribution < -0.4 is 19.5 Å². The topological polar surface area (TPSA) is 185 Å². The predicted molar refractivity (Wildman–Crippen MR) is 206 cm³/mol. The number of hydrogen-bond donors (Lipinski definition) is 3. The second-order valence-corrected chi connectivity index (χ2v) is 19.2. The van der Waals surface area contributed by atoms with E-state index in [2.05, 4.69) is 15.0 Å². The number of carbonyl (C=O) groups is 4. The molecule has 58 heavy (non-hydrogen) atoms. The van der Waals surface area contributed by atoms with E-state index in [1.807, 2.05) is 13.0 Å². The van der Waals surface area contributed by atoms with Crippen molar-refractivity contribution in [2.75, 3.05) is 13.7 Å². The molecule has 0 spiro atoms. The smallest absolute Gasteiger partial charge is 0.411 e. The molecule has 0 bridgehead atoms. The Morgan fingerprint density at radius 3 is 2.47 bits per heavy atom. The number of nitrogens with zero attached hydrogens (tertiary/aromatic N) is 3. The first-order chi connectivity index (χ1) is 27.1. The van der Waals surface area contributed by atoms with E-state index in [1.165, 1.54) is 14.0 Å². The van der Waals surface area contributed by atoms with Crippen LogP contribution in [0.4, 0.5) is 18.0 Å². The first kappa shape index (κ1) is 43.0. The zero-order valence-corrected chi connectivity index (χ0v) is 34.3. The molecule has 3 heterocycles.